The summed E-state index contributed by atoms with van der Waals surface area (Å²) in [4.78, 5) is 47.3. The molecule has 2 fully saturated rings. The van der Waals surface area contributed by atoms with Gasteiger partial charge in [-0.3, -0.25) is 9.59 Å². The minimum atomic E-state index is -0.0545. The fourth-order valence-corrected chi connectivity index (χ4v) is 6.65. The summed E-state index contributed by atoms with van der Waals surface area (Å²) in [5.41, 5.74) is 0.787. The Labute approximate surface area is 265 Å². The number of amides is 4. The van der Waals surface area contributed by atoms with Crippen LogP contribution in [0.15, 0.2) is 54.6 Å². The maximum absolute atomic E-state index is 12.0. The smallest absolute Gasteiger partial charge is 0.315 e. The summed E-state index contributed by atoms with van der Waals surface area (Å²) < 4.78 is 0. The van der Waals surface area contributed by atoms with Crippen molar-refractivity contribution in [3.05, 3.63) is 60.2 Å². The Morgan fingerprint density at radius 3 is 1.93 bits per heavy atom. The van der Waals surface area contributed by atoms with E-state index in [4.69, 9.17) is 0 Å². The van der Waals surface area contributed by atoms with Gasteiger partial charge in [0.1, 0.15) is 5.78 Å². The third kappa shape index (κ3) is 14.1. The fourth-order valence-electron chi connectivity index (χ4n) is 5.11. The van der Waals surface area contributed by atoms with Gasteiger partial charge in [-0.2, -0.15) is 23.9 Å². The summed E-state index contributed by atoms with van der Waals surface area (Å²) in [5.74, 6) is 1.33. The van der Waals surface area contributed by atoms with Crippen molar-refractivity contribution in [3.8, 4) is 0 Å². The van der Waals surface area contributed by atoms with Crippen LogP contribution in [0.5, 0.6) is 0 Å². The molecular weight excluding hydrogens is 592 g/mol. The molecule has 0 aromatic heterocycles. The minimum absolute atomic E-state index is 0. The van der Waals surface area contributed by atoms with Crippen LogP contribution in [0.3, 0.4) is 0 Å². The van der Waals surface area contributed by atoms with E-state index in [9.17, 15) is 19.2 Å². The first-order valence-electron chi connectivity index (χ1n) is 15.2. The summed E-state index contributed by atoms with van der Waals surface area (Å²) in [6, 6.07) is 17.9. The molecular formula is C32H46FeN4O4S-6. The molecule has 4 amide bonds. The van der Waals surface area contributed by atoms with Crippen LogP contribution >= 0.6 is 11.8 Å². The SMILES string of the molecule is O=C(CCCCCNC(=O)CCCC[C@@H]1SC[C@@H]2NC(=O)N[C@@H]21)NCCCCCC(=O)[c-]1cccc1.[Fe].[cH-]1[cH-][cH-][cH-][cH-]1. The minimum Gasteiger partial charge on any atom is -0.748 e. The Balaban J connectivity index is 0.000000927. The predicted molar refractivity (Wildman–Crippen MR) is 165 cm³/mol. The molecule has 2 aliphatic heterocycles. The molecule has 42 heavy (non-hydrogen) atoms. The molecule has 4 N–H and O–H groups in total. The maximum Gasteiger partial charge on any atom is 0.315 e. The first-order valence-corrected chi connectivity index (χ1v) is 16.2. The molecule has 3 atom stereocenters. The molecule has 2 aliphatic rings. The largest absolute Gasteiger partial charge is 0.748 e. The predicted octanol–water partition coefficient (Wildman–Crippen LogP) is 5.07. The van der Waals surface area contributed by atoms with Gasteiger partial charge < -0.3 is 56.4 Å². The first kappa shape index (κ1) is 35.6. The van der Waals surface area contributed by atoms with E-state index < -0.39 is 0 Å². The summed E-state index contributed by atoms with van der Waals surface area (Å²) >= 11 is 1.91. The Morgan fingerprint density at radius 2 is 1.33 bits per heavy atom. The number of fused-ring (bicyclic) bond motifs is 1. The average molecular weight is 639 g/mol. The summed E-state index contributed by atoms with van der Waals surface area (Å²) in [5, 5.41) is 12.3. The number of carbonyl (C=O) groups is 4. The second kappa shape index (κ2) is 21.2. The summed E-state index contributed by atoms with van der Waals surface area (Å²) in [6.07, 6.45) is 9.80. The van der Waals surface area contributed by atoms with Crippen molar-refractivity contribution in [2.45, 2.75) is 94.4 Å². The molecule has 0 aliphatic carbocycles. The number of ketones is 1. The number of thioether (sulfide) groups is 1. The Bertz CT molecular complexity index is 1010. The Hall–Kier alpha value is -2.55. The standard InChI is InChI=1S/C27H41N4O4S.C5H5.Fe/c32-22(20-11-5-6-12-20)13-3-1-9-17-28-24(33)15-4-2-10-18-29-25(34)16-8-7-14-23-26-21(19-36-23)30-27(35)31-26;1-2-4-5-3-1;/h5-6,11-12,21,23,26H,1-4,7-10,13-19H2,(H,28,33)(H,29,34)(H2,30,31,35);1-5H;/q-1;-5;/t21-,23-,26-;;/m0../s1. The topological polar surface area (TPSA) is 116 Å². The van der Waals surface area contributed by atoms with Gasteiger partial charge in [0.15, 0.2) is 0 Å². The number of urea groups is 1. The quantitative estimate of drug-likeness (QED) is 0.0599. The van der Waals surface area contributed by atoms with Crippen molar-refractivity contribution >= 4 is 35.4 Å². The second-order valence-electron chi connectivity index (χ2n) is 10.7. The number of nitrogens with one attached hydrogen (secondary N) is 4. The number of Topliss-reactive ketones (excluding diaryl/α,β-unsaturated/α-hetero) is 1. The molecule has 0 radical (unpaired) electrons. The van der Waals surface area contributed by atoms with E-state index in [-0.39, 0.29) is 52.8 Å². The van der Waals surface area contributed by atoms with Crippen molar-refractivity contribution in [2.24, 2.45) is 0 Å². The zero-order valence-corrected chi connectivity index (χ0v) is 26.4. The van der Waals surface area contributed by atoms with Gasteiger partial charge in [0.05, 0.1) is 12.1 Å². The zero-order chi connectivity index (χ0) is 29.1. The number of unbranched alkanes of at least 4 members (excludes halogenated alkanes) is 5. The van der Waals surface area contributed by atoms with Gasteiger partial charge in [0, 0.05) is 54.0 Å². The molecule has 238 valence electrons. The molecule has 0 spiro atoms. The van der Waals surface area contributed by atoms with Gasteiger partial charge in [0.25, 0.3) is 0 Å². The number of hydrogen-bond donors (Lipinski definition) is 4. The number of carbonyl (C=O) groups excluding carboxylic acids is 4. The van der Waals surface area contributed by atoms with Gasteiger partial charge in [-0.15, -0.1) is 0 Å². The third-order valence-electron chi connectivity index (χ3n) is 7.43. The van der Waals surface area contributed by atoms with E-state index in [2.05, 4.69) is 21.3 Å². The van der Waals surface area contributed by atoms with Crippen LogP contribution in [0, 0.1) is 0 Å². The molecule has 2 aromatic rings. The van der Waals surface area contributed by atoms with Crippen molar-refractivity contribution in [1.29, 1.82) is 0 Å². The fraction of sp³-hybridized carbons (Fsp3) is 0.562. The van der Waals surface area contributed by atoms with Crippen molar-refractivity contribution < 1.29 is 36.2 Å². The molecule has 8 nitrogen and oxygen atoms in total. The third-order valence-corrected chi connectivity index (χ3v) is 8.94. The van der Waals surface area contributed by atoms with E-state index in [1.54, 1.807) is 0 Å². The molecule has 4 rings (SSSR count). The van der Waals surface area contributed by atoms with E-state index in [1.807, 2.05) is 66.4 Å². The van der Waals surface area contributed by atoms with E-state index >= 15 is 0 Å². The van der Waals surface area contributed by atoms with Crippen LogP contribution in [0.25, 0.3) is 0 Å². The van der Waals surface area contributed by atoms with Crippen molar-refractivity contribution in [3.63, 3.8) is 0 Å². The van der Waals surface area contributed by atoms with Gasteiger partial charge in [-0.05, 0) is 44.9 Å². The second-order valence-corrected chi connectivity index (χ2v) is 12.0. The van der Waals surface area contributed by atoms with Crippen LogP contribution in [0.1, 0.15) is 87.4 Å². The van der Waals surface area contributed by atoms with Gasteiger partial charge >= 0.3 is 6.03 Å². The average Bonchev–Trinajstić information content (AvgIpc) is 3.78. The van der Waals surface area contributed by atoms with Crippen molar-refractivity contribution in [2.75, 3.05) is 18.8 Å². The van der Waals surface area contributed by atoms with Crippen LogP contribution in [-0.4, -0.2) is 59.8 Å². The zero-order valence-electron chi connectivity index (χ0n) is 24.4. The van der Waals surface area contributed by atoms with Gasteiger partial charge in [0.2, 0.25) is 11.8 Å². The van der Waals surface area contributed by atoms with Crippen LogP contribution < -0.4 is 21.3 Å². The monoisotopic (exact) mass is 638 g/mol. The van der Waals surface area contributed by atoms with Crippen LogP contribution in [-0.2, 0) is 26.7 Å². The maximum atomic E-state index is 12.0. The molecule has 0 bridgehead atoms. The molecule has 2 aromatic carbocycles. The Morgan fingerprint density at radius 1 is 0.786 bits per heavy atom. The molecule has 2 saturated heterocycles. The van der Waals surface area contributed by atoms with E-state index in [0.29, 0.717) is 37.6 Å². The summed E-state index contributed by atoms with van der Waals surface area (Å²) in [7, 11) is 0. The van der Waals surface area contributed by atoms with Gasteiger partial charge in [-0.25, -0.2) is 16.9 Å². The molecule has 2 heterocycles. The Kier molecular flexibility index (Phi) is 18.0. The van der Waals surface area contributed by atoms with Crippen LogP contribution in [0.2, 0.25) is 0 Å². The van der Waals surface area contributed by atoms with Crippen molar-refractivity contribution in [1.82, 2.24) is 21.3 Å². The number of hydrogen-bond acceptors (Lipinski definition) is 5. The van der Waals surface area contributed by atoms with Gasteiger partial charge in [-0.1, -0.05) is 24.8 Å². The summed E-state index contributed by atoms with van der Waals surface area (Å²) in [6.45, 7) is 1.31. The van der Waals surface area contributed by atoms with E-state index in [1.165, 1.54) is 0 Å². The first-order chi connectivity index (χ1) is 20.0. The molecule has 0 saturated carbocycles. The normalized spacial score (nSPS) is 18.5. The number of rotatable bonds is 18. The van der Waals surface area contributed by atoms with E-state index in [0.717, 1.165) is 69.1 Å². The molecule has 0 unspecified atom stereocenters. The van der Waals surface area contributed by atoms with Crippen LogP contribution in [0.4, 0.5) is 4.79 Å². The molecule has 10 heteroatoms.